The molecule has 3 aromatic rings. The van der Waals surface area contributed by atoms with Gasteiger partial charge in [0.1, 0.15) is 5.52 Å². The molecule has 1 aliphatic rings. The molecule has 2 aromatic heterocycles. The third kappa shape index (κ3) is 4.52. The molecule has 0 aliphatic carbocycles. The number of aromatic nitrogens is 3. The predicted molar refractivity (Wildman–Crippen MR) is 118 cm³/mol. The van der Waals surface area contributed by atoms with Crippen LogP contribution in [-0.4, -0.2) is 48.2 Å². The van der Waals surface area contributed by atoms with E-state index in [1.807, 2.05) is 37.4 Å². The summed E-state index contributed by atoms with van der Waals surface area (Å²) in [5.41, 5.74) is 3.32. The molecule has 1 saturated heterocycles. The third-order valence-corrected chi connectivity index (χ3v) is 5.73. The van der Waals surface area contributed by atoms with Crippen LogP contribution in [0.5, 0.6) is 11.5 Å². The zero-order valence-electron chi connectivity index (χ0n) is 18.0. The van der Waals surface area contributed by atoms with Crippen LogP contribution in [0, 0.1) is 5.92 Å². The fourth-order valence-electron chi connectivity index (χ4n) is 3.98. The van der Waals surface area contributed by atoms with Crippen molar-refractivity contribution in [1.29, 1.82) is 0 Å². The zero-order chi connectivity index (χ0) is 21.8. The molecule has 0 radical (unpaired) electrons. The van der Waals surface area contributed by atoms with Crippen molar-refractivity contribution < 1.29 is 14.3 Å². The minimum atomic E-state index is -0.139. The first-order valence-corrected chi connectivity index (χ1v) is 10.4. The van der Waals surface area contributed by atoms with E-state index in [1.165, 1.54) is 0 Å². The number of rotatable bonds is 6. The maximum absolute atomic E-state index is 13.0. The van der Waals surface area contributed by atoms with Crippen LogP contribution in [0.15, 0.2) is 42.9 Å². The van der Waals surface area contributed by atoms with E-state index in [2.05, 4.69) is 25.2 Å². The second-order valence-electron chi connectivity index (χ2n) is 7.72. The lowest BCUT2D eigenvalue weighted by atomic mass is 9.96. The number of carbonyl (C=O) groups excluding carboxylic acids is 1. The van der Waals surface area contributed by atoms with Gasteiger partial charge >= 0.3 is 0 Å². The largest absolute Gasteiger partial charge is 0.493 e. The molecule has 3 heterocycles. The van der Waals surface area contributed by atoms with Crippen molar-refractivity contribution in [3.8, 4) is 11.5 Å². The summed E-state index contributed by atoms with van der Waals surface area (Å²) in [6.45, 7) is 3.52. The molecule has 8 nitrogen and oxygen atoms in total. The van der Waals surface area contributed by atoms with Crippen LogP contribution >= 0.6 is 0 Å². The average Bonchev–Trinajstić information content (AvgIpc) is 2.83. The van der Waals surface area contributed by atoms with Gasteiger partial charge in [-0.2, -0.15) is 0 Å². The van der Waals surface area contributed by atoms with E-state index in [0.717, 1.165) is 36.2 Å². The van der Waals surface area contributed by atoms with E-state index >= 15 is 0 Å². The Hall–Kier alpha value is -3.42. The average molecular weight is 422 g/mol. The summed E-state index contributed by atoms with van der Waals surface area (Å²) in [4.78, 5) is 28.2. The van der Waals surface area contributed by atoms with Crippen LogP contribution in [0.25, 0.3) is 11.2 Å². The summed E-state index contributed by atoms with van der Waals surface area (Å²) < 4.78 is 10.7. The zero-order valence-corrected chi connectivity index (χ0v) is 18.0. The highest BCUT2D eigenvalue weighted by molar-refractivity contribution is 5.80. The van der Waals surface area contributed by atoms with Gasteiger partial charge in [-0.25, -0.2) is 9.97 Å². The summed E-state index contributed by atoms with van der Waals surface area (Å²) >= 11 is 0. The Balaban J connectivity index is 1.43. The molecule has 1 fully saturated rings. The van der Waals surface area contributed by atoms with Gasteiger partial charge in [-0.3, -0.25) is 9.78 Å². The van der Waals surface area contributed by atoms with Crippen molar-refractivity contribution in [2.45, 2.75) is 25.8 Å². The summed E-state index contributed by atoms with van der Waals surface area (Å²) in [6.07, 6.45) is 6.92. The number of hydrogen-bond donors (Lipinski definition) is 1. The molecule has 0 saturated carbocycles. The van der Waals surface area contributed by atoms with Gasteiger partial charge in [-0.05, 0) is 43.5 Å². The highest BCUT2D eigenvalue weighted by atomic mass is 16.5. The Morgan fingerprint density at radius 2 is 1.94 bits per heavy atom. The lowest BCUT2D eigenvalue weighted by Gasteiger charge is -2.34. The summed E-state index contributed by atoms with van der Waals surface area (Å²) in [7, 11) is 3.21. The van der Waals surface area contributed by atoms with Gasteiger partial charge in [0.25, 0.3) is 0 Å². The van der Waals surface area contributed by atoms with Gasteiger partial charge in [0.05, 0.1) is 38.1 Å². The van der Waals surface area contributed by atoms with Crippen molar-refractivity contribution >= 4 is 22.8 Å². The van der Waals surface area contributed by atoms with E-state index in [-0.39, 0.29) is 17.9 Å². The molecule has 1 aliphatic heterocycles. The minimum absolute atomic E-state index is 0.0560. The summed E-state index contributed by atoms with van der Waals surface area (Å²) in [5.74, 6) is 1.28. The smallest absolute Gasteiger partial charge is 0.225 e. The van der Waals surface area contributed by atoms with Gasteiger partial charge < -0.3 is 19.7 Å². The second kappa shape index (κ2) is 9.16. The quantitative estimate of drug-likeness (QED) is 0.654. The number of nitrogens with zero attached hydrogens (tertiary/aromatic N) is 4. The number of hydrogen-bond acceptors (Lipinski definition) is 7. The van der Waals surface area contributed by atoms with Crippen LogP contribution < -0.4 is 19.7 Å². The number of nitrogens with one attached hydrogen (secondary N) is 1. The molecular formula is C23H27N5O3. The van der Waals surface area contributed by atoms with Gasteiger partial charge in [0, 0.05) is 25.5 Å². The maximum atomic E-state index is 13.0. The van der Waals surface area contributed by atoms with E-state index < -0.39 is 0 Å². The van der Waals surface area contributed by atoms with Crippen LogP contribution in [0.2, 0.25) is 0 Å². The van der Waals surface area contributed by atoms with E-state index in [0.29, 0.717) is 23.7 Å². The molecule has 2 atom stereocenters. The highest BCUT2D eigenvalue weighted by Gasteiger charge is 2.27. The Kier molecular flexibility index (Phi) is 6.16. The van der Waals surface area contributed by atoms with E-state index in [4.69, 9.17) is 9.47 Å². The minimum Gasteiger partial charge on any atom is -0.493 e. The number of anilines is 1. The molecule has 0 spiro atoms. The topological polar surface area (TPSA) is 89.5 Å². The van der Waals surface area contributed by atoms with E-state index in [9.17, 15) is 4.79 Å². The van der Waals surface area contributed by atoms with Crippen LogP contribution in [-0.2, 0) is 4.79 Å². The highest BCUT2D eigenvalue weighted by Crippen LogP contribution is 2.30. The number of carbonyl (C=O) groups is 1. The number of amides is 1. The SMILES string of the molecule is COc1ccc([C@H](C)NC(=O)[C@H]2CCCN(c3cnc4nccnc4c3)C2)cc1OC. The Bertz CT molecular complexity index is 1070. The second-order valence-corrected chi connectivity index (χ2v) is 7.72. The first kappa shape index (κ1) is 20.8. The molecule has 0 bridgehead atoms. The Morgan fingerprint density at radius 1 is 1.13 bits per heavy atom. The van der Waals surface area contributed by atoms with Gasteiger partial charge in [0.15, 0.2) is 17.1 Å². The molecular weight excluding hydrogens is 394 g/mol. The molecule has 0 unspecified atom stereocenters. The van der Waals surface area contributed by atoms with Crippen molar-refractivity contribution in [2.24, 2.45) is 5.92 Å². The van der Waals surface area contributed by atoms with Crippen LogP contribution in [0.4, 0.5) is 5.69 Å². The molecule has 1 N–H and O–H groups in total. The summed E-state index contributed by atoms with van der Waals surface area (Å²) in [5, 5.41) is 3.16. The number of fused-ring (bicyclic) bond motifs is 1. The number of piperidine rings is 1. The molecule has 8 heteroatoms. The third-order valence-electron chi connectivity index (χ3n) is 5.73. The maximum Gasteiger partial charge on any atom is 0.225 e. The Morgan fingerprint density at radius 3 is 2.74 bits per heavy atom. The van der Waals surface area contributed by atoms with Crippen molar-refractivity contribution in [3.63, 3.8) is 0 Å². The number of methoxy groups -OCH3 is 2. The fraction of sp³-hybridized carbons (Fsp3) is 0.391. The summed E-state index contributed by atoms with van der Waals surface area (Å²) in [6, 6.07) is 7.55. The first-order valence-electron chi connectivity index (χ1n) is 10.4. The fourth-order valence-corrected chi connectivity index (χ4v) is 3.98. The van der Waals surface area contributed by atoms with E-state index in [1.54, 1.807) is 26.6 Å². The predicted octanol–water partition coefficient (Wildman–Crippen LogP) is 3.14. The van der Waals surface area contributed by atoms with Gasteiger partial charge in [-0.1, -0.05) is 6.07 Å². The Labute approximate surface area is 181 Å². The van der Waals surface area contributed by atoms with Gasteiger partial charge in [0.2, 0.25) is 5.91 Å². The number of ether oxygens (including phenoxy) is 2. The van der Waals surface area contributed by atoms with Gasteiger partial charge in [-0.15, -0.1) is 0 Å². The molecule has 31 heavy (non-hydrogen) atoms. The van der Waals surface area contributed by atoms with Crippen molar-refractivity contribution in [3.05, 3.63) is 48.4 Å². The number of pyridine rings is 1. The lowest BCUT2D eigenvalue weighted by Crippen LogP contribution is -2.43. The van der Waals surface area contributed by atoms with Crippen LogP contribution in [0.1, 0.15) is 31.4 Å². The van der Waals surface area contributed by atoms with Crippen molar-refractivity contribution in [1.82, 2.24) is 20.3 Å². The molecule has 1 aromatic carbocycles. The molecule has 4 rings (SSSR count). The van der Waals surface area contributed by atoms with Crippen LogP contribution in [0.3, 0.4) is 0 Å². The van der Waals surface area contributed by atoms with Crippen molar-refractivity contribution in [2.75, 3.05) is 32.2 Å². The molecule has 1 amide bonds. The standard InChI is InChI=1S/C23H27N5O3/c1-15(16-6-7-20(30-2)21(11-16)31-3)27-23(29)17-5-4-10-28(14-17)18-12-19-22(26-13-18)25-9-8-24-19/h6-9,11-13,15,17H,4-5,10,14H2,1-3H3,(H,27,29)/t15-,17-/m0/s1. The number of benzene rings is 1. The lowest BCUT2D eigenvalue weighted by molar-refractivity contribution is -0.125. The monoisotopic (exact) mass is 421 g/mol. The normalized spacial score (nSPS) is 17.3. The first-order chi connectivity index (χ1) is 15.1. The molecule has 162 valence electrons.